The van der Waals surface area contributed by atoms with Crippen LogP contribution < -0.4 is 0 Å². The summed E-state index contributed by atoms with van der Waals surface area (Å²) in [6, 6.07) is 0.578. The lowest BCUT2D eigenvalue weighted by Crippen LogP contribution is -2.57. The van der Waals surface area contributed by atoms with Crippen molar-refractivity contribution in [3.63, 3.8) is 0 Å². The third kappa shape index (κ3) is 4.58. The fraction of sp³-hybridized carbons (Fsp3) is 1.00. The Morgan fingerprint density at radius 3 is 2.62 bits per heavy atom. The lowest BCUT2D eigenvalue weighted by molar-refractivity contribution is -0.0949. The van der Waals surface area contributed by atoms with E-state index in [0.717, 1.165) is 45.9 Å². The van der Waals surface area contributed by atoms with Crippen LogP contribution in [-0.2, 0) is 9.47 Å². The molecule has 2 aliphatic rings. The Morgan fingerprint density at radius 2 is 1.95 bits per heavy atom. The molecule has 0 bridgehead atoms. The molecule has 5 heteroatoms. The fourth-order valence-electron chi connectivity index (χ4n) is 3.56. The maximum atomic E-state index is 6.09. The van der Waals surface area contributed by atoms with Crippen LogP contribution >= 0.6 is 11.9 Å². The van der Waals surface area contributed by atoms with Gasteiger partial charge in [0.25, 0.3) is 0 Å². The zero-order valence-electron chi connectivity index (χ0n) is 14.4. The van der Waals surface area contributed by atoms with Crippen LogP contribution in [0.4, 0.5) is 0 Å². The van der Waals surface area contributed by atoms with Crippen molar-refractivity contribution in [3.8, 4) is 0 Å². The molecule has 2 atom stereocenters. The van der Waals surface area contributed by atoms with Crippen molar-refractivity contribution in [2.45, 2.75) is 57.7 Å². The van der Waals surface area contributed by atoms with E-state index in [1.165, 1.54) is 6.42 Å². The molecule has 21 heavy (non-hydrogen) atoms. The van der Waals surface area contributed by atoms with Gasteiger partial charge < -0.3 is 9.47 Å². The molecule has 0 N–H and O–H groups in total. The predicted molar refractivity (Wildman–Crippen MR) is 89.7 cm³/mol. The summed E-state index contributed by atoms with van der Waals surface area (Å²) < 4.78 is 14.1. The standard InChI is InChI=1S/C16H32N2O2S/c1-14(18-9-10-19-13-15(18,2)3)6-7-16(4)12-17(21-5)8-11-20-16/h14H,6-13H2,1-5H3. The minimum absolute atomic E-state index is 0.00590. The van der Waals surface area contributed by atoms with Crippen LogP contribution in [0.3, 0.4) is 0 Å². The maximum Gasteiger partial charge on any atom is 0.0791 e. The van der Waals surface area contributed by atoms with Gasteiger partial charge in [0.15, 0.2) is 0 Å². The van der Waals surface area contributed by atoms with E-state index < -0.39 is 0 Å². The molecule has 2 unspecified atom stereocenters. The molecule has 2 heterocycles. The van der Waals surface area contributed by atoms with Gasteiger partial charge in [-0.15, -0.1) is 0 Å². The van der Waals surface area contributed by atoms with E-state index in [0.29, 0.717) is 6.04 Å². The lowest BCUT2D eigenvalue weighted by Gasteiger charge is -2.47. The van der Waals surface area contributed by atoms with E-state index in [9.17, 15) is 0 Å². The highest BCUT2D eigenvalue weighted by Gasteiger charge is 2.36. The van der Waals surface area contributed by atoms with Crippen molar-refractivity contribution >= 4 is 11.9 Å². The molecule has 2 saturated heterocycles. The normalized spacial score (nSPS) is 33.0. The SMILES string of the molecule is CSN1CCOC(C)(CCC(C)N2CCOCC2(C)C)C1. The molecule has 0 aromatic carbocycles. The highest BCUT2D eigenvalue weighted by Crippen LogP contribution is 2.29. The highest BCUT2D eigenvalue weighted by atomic mass is 32.2. The summed E-state index contributed by atoms with van der Waals surface area (Å²) in [5.74, 6) is 0. The molecule has 124 valence electrons. The van der Waals surface area contributed by atoms with Gasteiger partial charge in [0, 0.05) is 31.2 Å². The number of hydrogen-bond acceptors (Lipinski definition) is 5. The predicted octanol–water partition coefficient (Wildman–Crippen LogP) is 2.63. The molecule has 0 amide bonds. The van der Waals surface area contributed by atoms with Crippen LogP contribution in [0.2, 0.25) is 0 Å². The average Bonchev–Trinajstić information content (AvgIpc) is 2.44. The van der Waals surface area contributed by atoms with E-state index in [4.69, 9.17) is 9.47 Å². The molecular formula is C16H32N2O2S. The fourth-order valence-corrected chi connectivity index (χ4v) is 4.22. The smallest absolute Gasteiger partial charge is 0.0791 e. The Balaban J connectivity index is 1.86. The second kappa shape index (κ2) is 7.18. The second-order valence-corrected chi connectivity index (χ2v) is 8.17. The summed E-state index contributed by atoms with van der Waals surface area (Å²) in [6.45, 7) is 14.9. The monoisotopic (exact) mass is 316 g/mol. The minimum Gasteiger partial charge on any atom is -0.378 e. The Bertz CT molecular complexity index is 340. The number of nitrogens with zero attached hydrogens (tertiary/aromatic N) is 2. The van der Waals surface area contributed by atoms with E-state index in [2.05, 4.69) is 43.2 Å². The van der Waals surface area contributed by atoms with Gasteiger partial charge in [-0.3, -0.25) is 4.90 Å². The zero-order chi connectivity index (χ0) is 15.5. The summed E-state index contributed by atoms with van der Waals surface area (Å²) in [5.41, 5.74) is 0.156. The van der Waals surface area contributed by atoms with Crippen LogP contribution in [0.15, 0.2) is 0 Å². The topological polar surface area (TPSA) is 24.9 Å². The molecule has 0 saturated carbocycles. The summed E-state index contributed by atoms with van der Waals surface area (Å²) in [7, 11) is 0. The van der Waals surface area contributed by atoms with Crippen LogP contribution in [0.25, 0.3) is 0 Å². The Kier molecular flexibility index (Phi) is 5.99. The number of morpholine rings is 2. The van der Waals surface area contributed by atoms with Gasteiger partial charge in [0.05, 0.1) is 25.4 Å². The molecular weight excluding hydrogens is 284 g/mol. The molecule has 2 rings (SSSR count). The van der Waals surface area contributed by atoms with Gasteiger partial charge in [0.2, 0.25) is 0 Å². The molecule has 2 fully saturated rings. The first kappa shape index (κ1) is 17.5. The van der Waals surface area contributed by atoms with Gasteiger partial charge in [0.1, 0.15) is 0 Å². The van der Waals surface area contributed by atoms with Crippen molar-refractivity contribution in [2.24, 2.45) is 0 Å². The average molecular weight is 317 g/mol. The summed E-state index contributed by atoms with van der Waals surface area (Å²) in [4.78, 5) is 2.61. The van der Waals surface area contributed by atoms with Crippen molar-refractivity contribution in [1.29, 1.82) is 0 Å². The summed E-state index contributed by atoms with van der Waals surface area (Å²) >= 11 is 1.84. The number of ether oxygens (including phenoxy) is 2. The Labute approximate surface area is 134 Å². The minimum atomic E-state index is 0.00590. The third-order valence-corrected chi connectivity index (χ3v) is 5.72. The summed E-state index contributed by atoms with van der Waals surface area (Å²) in [6.07, 6.45) is 4.46. The van der Waals surface area contributed by atoms with E-state index in [1.54, 1.807) is 0 Å². The maximum absolute atomic E-state index is 6.09. The lowest BCUT2D eigenvalue weighted by atomic mass is 9.93. The molecule has 2 aliphatic heterocycles. The molecule has 4 nitrogen and oxygen atoms in total. The van der Waals surface area contributed by atoms with Crippen molar-refractivity contribution < 1.29 is 9.47 Å². The molecule has 0 spiro atoms. The molecule has 0 aromatic heterocycles. The van der Waals surface area contributed by atoms with Gasteiger partial charge in [-0.2, -0.15) is 0 Å². The largest absolute Gasteiger partial charge is 0.378 e. The van der Waals surface area contributed by atoms with E-state index in [-0.39, 0.29) is 11.1 Å². The number of rotatable bonds is 5. The molecule has 0 radical (unpaired) electrons. The number of hydrogen-bond donors (Lipinski definition) is 0. The Morgan fingerprint density at radius 1 is 1.19 bits per heavy atom. The third-order valence-electron chi connectivity index (χ3n) is 4.89. The van der Waals surface area contributed by atoms with Crippen LogP contribution in [-0.4, -0.2) is 72.1 Å². The van der Waals surface area contributed by atoms with E-state index >= 15 is 0 Å². The first-order valence-electron chi connectivity index (χ1n) is 8.14. The van der Waals surface area contributed by atoms with Crippen molar-refractivity contribution in [1.82, 2.24) is 9.21 Å². The van der Waals surface area contributed by atoms with Gasteiger partial charge in [-0.05, 0) is 46.8 Å². The van der Waals surface area contributed by atoms with Crippen LogP contribution in [0, 0.1) is 0 Å². The molecule has 0 aromatic rings. The molecule has 0 aliphatic carbocycles. The van der Waals surface area contributed by atoms with Crippen molar-refractivity contribution in [2.75, 3.05) is 45.7 Å². The zero-order valence-corrected chi connectivity index (χ0v) is 15.2. The summed E-state index contributed by atoms with van der Waals surface area (Å²) in [5, 5.41) is 0. The van der Waals surface area contributed by atoms with Crippen LogP contribution in [0.5, 0.6) is 0 Å². The van der Waals surface area contributed by atoms with Crippen LogP contribution in [0.1, 0.15) is 40.5 Å². The first-order chi connectivity index (χ1) is 9.86. The van der Waals surface area contributed by atoms with Gasteiger partial charge in [-0.1, -0.05) is 11.9 Å². The van der Waals surface area contributed by atoms with Gasteiger partial charge >= 0.3 is 0 Å². The van der Waals surface area contributed by atoms with Gasteiger partial charge in [-0.25, -0.2) is 4.31 Å². The quantitative estimate of drug-likeness (QED) is 0.726. The first-order valence-corrected chi connectivity index (χ1v) is 9.32. The second-order valence-electron chi connectivity index (χ2n) is 7.29. The van der Waals surface area contributed by atoms with E-state index in [1.807, 2.05) is 11.9 Å². The van der Waals surface area contributed by atoms with Crippen molar-refractivity contribution in [3.05, 3.63) is 0 Å². The Hall–Kier alpha value is 0.190. The highest BCUT2D eigenvalue weighted by molar-refractivity contribution is 7.96.